The molecule has 0 aliphatic carbocycles. The molecule has 110 valence electrons. The van der Waals surface area contributed by atoms with Gasteiger partial charge in [0.2, 0.25) is 5.78 Å². The third-order valence-corrected chi connectivity index (χ3v) is 3.69. The molecule has 1 aromatic carbocycles. The molecule has 2 aromatic rings. The predicted octanol–water partition coefficient (Wildman–Crippen LogP) is 3.57. The Bertz CT molecular complexity index is 637. The molecule has 0 aliphatic rings. The number of carbonyl (C=O) groups is 2. The smallest absolute Gasteiger partial charge is 0.344 e. The SMILES string of the molecule is CCOC(=O)COc1ccc(Cl)cc1C(=O)c1cccs1. The Hall–Kier alpha value is -1.85. The summed E-state index contributed by atoms with van der Waals surface area (Å²) in [6, 6.07) is 8.23. The Morgan fingerprint density at radius 2 is 2.10 bits per heavy atom. The van der Waals surface area contributed by atoms with E-state index in [4.69, 9.17) is 21.1 Å². The number of benzene rings is 1. The summed E-state index contributed by atoms with van der Waals surface area (Å²) in [6.45, 7) is 1.75. The van der Waals surface area contributed by atoms with Crippen molar-refractivity contribution in [2.45, 2.75) is 6.92 Å². The molecule has 0 spiro atoms. The summed E-state index contributed by atoms with van der Waals surface area (Å²) < 4.78 is 10.2. The van der Waals surface area contributed by atoms with Gasteiger partial charge in [0.15, 0.2) is 6.61 Å². The zero-order chi connectivity index (χ0) is 15.2. The van der Waals surface area contributed by atoms with Gasteiger partial charge in [-0.15, -0.1) is 11.3 Å². The van der Waals surface area contributed by atoms with Crippen LogP contribution in [0.15, 0.2) is 35.7 Å². The molecule has 1 heterocycles. The summed E-state index contributed by atoms with van der Waals surface area (Å²) in [4.78, 5) is 24.3. The molecule has 2 rings (SSSR count). The van der Waals surface area contributed by atoms with Crippen molar-refractivity contribution in [1.82, 2.24) is 0 Å². The first-order valence-electron chi connectivity index (χ1n) is 6.28. The Balaban J connectivity index is 2.21. The molecule has 0 saturated carbocycles. The molecule has 0 atom stereocenters. The van der Waals surface area contributed by atoms with Gasteiger partial charge in [0.05, 0.1) is 17.0 Å². The van der Waals surface area contributed by atoms with E-state index in [1.54, 1.807) is 31.2 Å². The van der Waals surface area contributed by atoms with Crippen molar-refractivity contribution in [1.29, 1.82) is 0 Å². The maximum atomic E-state index is 12.4. The minimum Gasteiger partial charge on any atom is -0.481 e. The van der Waals surface area contributed by atoms with Crippen LogP contribution >= 0.6 is 22.9 Å². The Morgan fingerprint density at radius 3 is 2.76 bits per heavy atom. The minimum atomic E-state index is -0.484. The van der Waals surface area contributed by atoms with Gasteiger partial charge in [-0.2, -0.15) is 0 Å². The molecule has 0 saturated heterocycles. The Kier molecular flexibility index (Phi) is 5.36. The molecule has 21 heavy (non-hydrogen) atoms. The predicted molar refractivity (Wildman–Crippen MR) is 81.3 cm³/mol. The second-order valence-corrected chi connectivity index (χ2v) is 5.42. The summed E-state index contributed by atoms with van der Waals surface area (Å²) in [7, 11) is 0. The van der Waals surface area contributed by atoms with Crippen LogP contribution in [0.3, 0.4) is 0 Å². The van der Waals surface area contributed by atoms with Gasteiger partial charge in [-0.25, -0.2) is 4.79 Å². The van der Waals surface area contributed by atoms with Crippen molar-refractivity contribution < 1.29 is 19.1 Å². The van der Waals surface area contributed by atoms with Crippen LogP contribution in [0.2, 0.25) is 5.02 Å². The quantitative estimate of drug-likeness (QED) is 0.602. The molecule has 0 bridgehead atoms. The van der Waals surface area contributed by atoms with Gasteiger partial charge in [0.1, 0.15) is 5.75 Å². The largest absolute Gasteiger partial charge is 0.481 e. The van der Waals surface area contributed by atoms with Crippen LogP contribution in [0.1, 0.15) is 22.2 Å². The van der Waals surface area contributed by atoms with Crippen molar-refractivity contribution in [3.8, 4) is 5.75 Å². The molecule has 6 heteroatoms. The highest BCUT2D eigenvalue weighted by atomic mass is 35.5. The summed E-state index contributed by atoms with van der Waals surface area (Å²) in [5.41, 5.74) is 0.328. The van der Waals surface area contributed by atoms with Gasteiger partial charge in [0, 0.05) is 5.02 Å². The first kappa shape index (κ1) is 15.5. The maximum Gasteiger partial charge on any atom is 0.344 e. The number of ether oxygens (including phenoxy) is 2. The third kappa shape index (κ3) is 4.06. The second kappa shape index (κ2) is 7.24. The van der Waals surface area contributed by atoms with Crippen molar-refractivity contribution in [3.05, 3.63) is 51.2 Å². The van der Waals surface area contributed by atoms with Crippen molar-refractivity contribution in [2.24, 2.45) is 0 Å². The van der Waals surface area contributed by atoms with Crippen LogP contribution in [0.4, 0.5) is 0 Å². The number of hydrogen-bond donors (Lipinski definition) is 0. The van der Waals surface area contributed by atoms with E-state index in [0.717, 1.165) is 0 Å². The van der Waals surface area contributed by atoms with Gasteiger partial charge in [-0.3, -0.25) is 4.79 Å². The number of halogens is 1. The minimum absolute atomic E-state index is 0.189. The molecule has 0 aliphatic heterocycles. The lowest BCUT2D eigenvalue weighted by Gasteiger charge is -2.10. The van der Waals surface area contributed by atoms with Crippen LogP contribution in [0.25, 0.3) is 0 Å². The molecular weight excluding hydrogens is 312 g/mol. The van der Waals surface area contributed by atoms with Gasteiger partial charge in [0.25, 0.3) is 0 Å². The summed E-state index contributed by atoms with van der Waals surface area (Å²) in [5.74, 6) is -0.362. The highest BCUT2D eigenvalue weighted by molar-refractivity contribution is 7.12. The van der Waals surface area contributed by atoms with E-state index in [0.29, 0.717) is 21.2 Å². The second-order valence-electron chi connectivity index (χ2n) is 4.04. The van der Waals surface area contributed by atoms with Crippen LogP contribution in [0, 0.1) is 0 Å². The van der Waals surface area contributed by atoms with E-state index in [1.165, 1.54) is 17.4 Å². The van der Waals surface area contributed by atoms with Crippen LogP contribution in [0.5, 0.6) is 5.75 Å². The maximum absolute atomic E-state index is 12.4. The van der Waals surface area contributed by atoms with Crippen LogP contribution in [-0.2, 0) is 9.53 Å². The Morgan fingerprint density at radius 1 is 1.29 bits per heavy atom. The zero-order valence-corrected chi connectivity index (χ0v) is 12.9. The van der Waals surface area contributed by atoms with Crippen molar-refractivity contribution in [2.75, 3.05) is 13.2 Å². The van der Waals surface area contributed by atoms with Gasteiger partial charge in [-0.1, -0.05) is 17.7 Å². The number of thiophene rings is 1. The summed E-state index contributed by atoms with van der Waals surface area (Å²) >= 11 is 7.27. The Labute approximate surface area is 131 Å². The third-order valence-electron chi connectivity index (χ3n) is 2.58. The van der Waals surface area contributed by atoms with E-state index < -0.39 is 5.97 Å². The summed E-state index contributed by atoms with van der Waals surface area (Å²) in [6.07, 6.45) is 0. The molecule has 0 N–H and O–H groups in total. The van der Waals surface area contributed by atoms with Crippen LogP contribution in [-0.4, -0.2) is 25.0 Å². The molecule has 0 fully saturated rings. The number of esters is 1. The fourth-order valence-electron chi connectivity index (χ4n) is 1.69. The van der Waals surface area contributed by atoms with Gasteiger partial charge < -0.3 is 9.47 Å². The molecule has 0 amide bonds. The number of hydrogen-bond acceptors (Lipinski definition) is 5. The standard InChI is InChI=1S/C15H13ClO4S/c1-2-19-14(17)9-20-12-6-5-10(16)8-11(12)15(18)13-4-3-7-21-13/h3-8H,2,9H2,1H3. The van der Waals surface area contributed by atoms with Crippen molar-refractivity contribution in [3.63, 3.8) is 0 Å². The highest BCUT2D eigenvalue weighted by Gasteiger charge is 2.17. The molecule has 0 radical (unpaired) electrons. The first-order valence-corrected chi connectivity index (χ1v) is 7.53. The van der Waals surface area contributed by atoms with E-state index in [9.17, 15) is 9.59 Å². The molecule has 1 aromatic heterocycles. The molecule has 0 unspecified atom stereocenters. The number of carbonyl (C=O) groups excluding carboxylic acids is 2. The molecule has 4 nitrogen and oxygen atoms in total. The average molecular weight is 325 g/mol. The van der Waals surface area contributed by atoms with Gasteiger partial charge >= 0.3 is 5.97 Å². The number of rotatable bonds is 6. The summed E-state index contributed by atoms with van der Waals surface area (Å²) in [5, 5.41) is 2.25. The molecular formula is C15H13ClO4S. The lowest BCUT2D eigenvalue weighted by atomic mass is 10.1. The fourth-order valence-corrected chi connectivity index (χ4v) is 2.54. The first-order chi connectivity index (χ1) is 10.1. The lowest BCUT2D eigenvalue weighted by molar-refractivity contribution is -0.145. The van der Waals surface area contributed by atoms with Crippen molar-refractivity contribution >= 4 is 34.7 Å². The lowest BCUT2D eigenvalue weighted by Crippen LogP contribution is -2.16. The van der Waals surface area contributed by atoms with Crippen LogP contribution < -0.4 is 4.74 Å². The van der Waals surface area contributed by atoms with E-state index >= 15 is 0 Å². The zero-order valence-electron chi connectivity index (χ0n) is 11.3. The normalized spacial score (nSPS) is 10.2. The van der Waals surface area contributed by atoms with E-state index in [-0.39, 0.29) is 19.0 Å². The van der Waals surface area contributed by atoms with E-state index in [1.807, 2.05) is 5.38 Å². The highest BCUT2D eigenvalue weighted by Crippen LogP contribution is 2.27. The topological polar surface area (TPSA) is 52.6 Å². The fraction of sp³-hybridized carbons (Fsp3) is 0.200. The van der Waals surface area contributed by atoms with E-state index in [2.05, 4.69) is 0 Å². The van der Waals surface area contributed by atoms with Gasteiger partial charge in [-0.05, 0) is 36.6 Å². The average Bonchev–Trinajstić information content (AvgIpc) is 2.99. The monoisotopic (exact) mass is 324 g/mol. The number of ketones is 1.